The second kappa shape index (κ2) is 4.51. The van der Waals surface area contributed by atoms with Crippen LogP contribution in [0.3, 0.4) is 0 Å². The van der Waals surface area contributed by atoms with Gasteiger partial charge in [-0.2, -0.15) is 0 Å². The molecule has 0 saturated heterocycles. The maximum Gasteiger partial charge on any atom is 0.173 e. The Morgan fingerprint density at radius 1 is 1.36 bits per heavy atom. The first kappa shape index (κ1) is 11.1. The molecule has 1 aromatic carbocycles. The van der Waals surface area contributed by atoms with E-state index in [1.807, 2.05) is 6.92 Å². The minimum Gasteiger partial charge on any atom is -0.295 e. The summed E-state index contributed by atoms with van der Waals surface area (Å²) in [6.07, 6.45) is 0. The van der Waals surface area contributed by atoms with Crippen LogP contribution in [0.1, 0.15) is 33.2 Å². The Bertz CT molecular complexity index is 383. The first-order valence-corrected chi connectivity index (χ1v) is 5.39. The molecular weight excluding hydrogens is 244 g/mol. The lowest BCUT2D eigenvalue weighted by Crippen LogP contribution is -2.04. The standard InChI is InChI=1S/C11H11BrO2/c1-7-5-9(8(2)13)3-4-10(7)11(14)6-12/h3-5H,6H2,1-2H3. The van der Waals surface area contributed by atoms with E-state index in [9.17, 15) is 9.59 Å². The second-order valence-electron chi connectivity index (χ2n) is 3.14. The van der Waals surface area contributed by atoms with Gasteiger partial charge in [0.2, 0.25) is 0 Å². The van der Waals surface area contributed by atoms with Gasteiger partial charge in [-0.25, -0.2) is 0 Å². The van der Waals surface area contributed by atoms with Crippen molar-refractivity contribution in [2.75, 3.05) is 5.33 Å². The highest BCUT2D eigenvalue weighted by atomic mass is 79.9. The molecule has 0 radical (unpaired) electrons. The quantitative estimate of drug-likeness (QED) is 0.614. The highest BCUT2D eigenvalue weighted by molar-refractivity contribution is 9.09. The number of alkyl halides is 1. The summed E-state index contributed by atoms with van der Waals surface area (Å²) in [4.78, 5) is 22.4. The predicted octanol–water partition coefficient (Wildman–Crippen LogP) is 2.78. The molecule has 14 heavy (non-hydrogen) atoms. The molecule has 2 nitrogen and oxygen atoms in total. The van der Waals surface area contributed by atoms with Gasteiger partial charge < -0.3 is 0 Å². The van der Waals surface area contributed by atoms with Crippen molar-refractivity contribution in [1.82, 2.24) is 0 Å². The summed E-state index contributed by atoms with van der Waals surface area (Å²) < 4.78 is 0. The van der Waals surface area contributed by atoms with E-state index in [1.165, 1.54) is 6.92 Å². The lowest BCUT2D eigenvalue weighted by atomic mass is 10.0. The van der Waals surface area contributed by atoms with E-state index < -0.39 is 0 Å². The molecule has 3 heteroatoms. The predicted molar refractivity (Wildman–Crippen MR) is 59.3 cm³/mol. The molecule has 0 atom stereocenters. The molecule has 0 N–H and O–H groups in total. The number of Topliss-reactive ketones (excluding diaryl/α,β-unsaturated/α-hetero) is 2. The van der Waals surface area contributed by atoms with E-state index in [-0.39, 0.29) is 11.6 Å². The molecule has 0 aliphatic heterocycles. The Labute approximate surface area is 91.4 Å². The number of halogens is 1. The van der Waals surface area contributed by atoms with Crippen LogP contribution in [-0.4, -0.2) is 16.9 Å². The molecule has 0 aliphatic carbocycles. The lowest BCUT2D eigenvalue weighted by Gasteiger charge is -2.04. The highest BCUT2D eigenvalue weighted by Gasteiger charge is 2.08. The number of benzene rings is 1. The van der Waals surface area contributed by atoms with Crippen LogP contribution in [0, 0.1) is 6.92 Å². The summed E-state index contributed by atoms with van der Waals surface area (Å²) in [7, 11) is 0. The Hall–Kier alpha value is -0.960. The number of aryl methyl sites for hydroxylation is 1. The summed E-state index contributed by atoms with van der Waals surface area (Å²) in [6, 6.07) is 5.14. The number of hydrogen-bond acceptors (Lipinski definition) is 2. The van der Waals surface area contributed by atoms with Crippen LogP contribution < -0.4 is 0 Å². The zero-order valence-electron chi connectivity index (χ0n) is 8.13. The molecule has 0 aliphatic rings. The first-order valence-electron chi connectivity index (χ1n) is 4.27. The molecule has 0 amide bonds. The fourth-order valence-corrected chi connectivity index (χ4v) is 1.57. The van der Waals surface area contributed by atoms with Crippen LogP contribution in [0.5, 0.6) is 0 Å². The van der Waals surface area contributed by atoms with E-state index in [0.29, 0.717) is 16.5 Å². The third kappa shape index (κ3) is 2.29. The number of ketones is 2. The van der Waals surface area contributed by atoms with E-state index >= 15 is 0 Å². The zero-order valence-corrected chi connectivity index (χ0v) is 9.72. The molecule has 0 spiro atoms. The lowest BCUT2D eigenvalue weighted by molar-refractivity contribution is 0.100. The Kier molecular flexibility index (Phi) is 3.58. The summed E-state index contributed by atoms with van der Waals surface area (Å²) in [5.74, 6) is 0.0588. The van der Waals surface area contributed by atoms with Crippen LogP contribution in [0.2, 0.25) is 0 Å². The molecule has 0 unspecified atom stereocenters. The van der Waals surface area contributed by atoms with Crippen molar-refractivity contribution < 1.29 is 9.59 Å². The van der Waals surface area contributed by atoms with Crippen LogP contribution in [0.4, 0.5) is 0 Å². The van der Waals surface area contributed by atoms with Crippen molar-refractivity contribution in [3.63, 3.8) is 0 Å². The fourth-order valence-electron chi connectivity index (χ4n) is 1.27. The molecule has 0 aromatic heterocycles. The maximum atomic E-state index is 11.4. The molecule has 74 valence electrons. The molecule has 1 aromatic rings. The van der Waals surface area contributed by atoms with E-state index in [0.717, 1.165) is 5.56 Å². The Morgan fingerprint density at radius 2 is 2.00 bits per heavy atom. The van der Waals surface area contributed by atoms with Crippen LogP contribution in [0.15, 0.2) is 18.2 Å². The van der Waals surface area contributed by atoms with Crippen molar-refractivity contribution in [2.24, 2.45) is 0 Å². The Morgan fingerprint density at radius 3 is 2.43 bits per heavy atom. The number of hydrogen-bond donors (Lipinski definition) is 0. The molecule has 1 rings (SSSR count). The zero-order chi connectivity index (χ0) is 10.7. The van der Waals surface area contributed by atoms with Gasteiger partial charge in [0.1, 0.15) is 0 Å². The van der Waals surface area contributed by atoms with Crippen molar-refractivity contribution in [3.8, 4) is 0 Å². The van der Waals surface area contributed by atoms with Gasteiger partial charge >= 0.3 is 0 Å². The third-order valence-corrected chi connectivity index (χ3v) is 2.56. The topological polar surface area (TPSA) is 34.1 Å². The largest absolute Gasteiger partial charge is 0.295 e. The fraction of sp³-hybridized carbons (Fsp3) is 0.273. The second-order valence-corrected chi connectivity index (χ2v) is 3.70. The minimum atomic E-state index is 0.0194. The van der Waals surface area contributed by atoms with Crippen molar-refractivity contribution in [1.29, 1.82) is 0 Å². The average molecular weight is 255 g/mol. The van der Waals surface area contributed by atoms with Crippen LogP contribution in [0.25, 0.3) is 0 Å². The minimum absolute atomic E-state index is 0.0194. The summed E-state index contributed by atoms with van der Waals surface area (Å²) in [6.45, 7) is 3.35. The molecule has 0 bridgehead atoms. The number of carbonyl (C=O) groups excluding carboxylic acids is 2. The van der Waals surface area contributed by atoms with Gasteiger partial charge in [-0.05, 0) is 25.5 Å². The van der Waals surface area contributed by atoms with E-state index in [4.69, 9.17) is 0 Å². The van der Waals surface area contributed by atoms with Gasteiger partial charge in [0, 0.05) is 11.1 Å². The van der Waals surface area contributed by atoms with Gasteiger partial charge in [-0.15, -0.1) is 0 Å². The smallest absolute Gasteiger partial charge is 0.173 e. The van der Waals surface area contributed by atoms with Crippen molar-refractivity contribution >= 4 is 27.5 Å². The van der Waals surface area contributed by atoms with Gasteiger partial charge in [0.25, 0.3) is 0 Å². The van der Waals surface area contributed by atoms with E-state index in [2.05, 4.69) is 15.9 Å². The third-order valence-electron chi connectivity index (χ3n) is 2.05. The van der Waals surface area contributed by atoms with Gasteiger partial charge in [0.15, 0.2) is 11.6 Å². The number of rotatable bonds is 3. The summed E-state index contributed by atoms with van der Waals surface area (Å²) in [5, 5.41) is 0.313. The number of carbonyl (C=O) groups is 2. The van der Waals surface area contributed by atoms with Gasteiger partial charge in [0.05, 0.1) is 5.33 Å². The van der Waals surface area contributed by atoms with E-state index in [1.54, 1.807) is 18.2 Å². The summed E-state index contributed by atoms with van der Waals surface area (Å²) >= 11 is 3.12. The SMILES string of the molecule is CC(=O)c1ccc(C(=O)CBr)c(C)c1. The van der Waals surface area contributed by atoms with Crippen LogP contribution in [-0.2, 0) is 0 Å². The maximum absolute atomic E-state index is 11.4. The molecule has 0 fully saturated rings. The van der Waals surface area contributed by atoms with Crippen LogP contribution >= 0.6 is 15.9 Å². The Balaban J connectivity index is 3.14. The molecule has 0 saturated carbocycles. The normalized spacial score (nSPS) is 9.93. The monoisotopic (exact) mass is 254 g/mol. The van der Waals surface area contributed by atoms with Crippen molar-refractivity contribution in [3.05, 3.63) is 34.9 Å². The van der Waals surface area contributed by atoms with Crippen molar-refractivity contribution in [2.45, 2.75) is 13.8 Å². The average Bonchev–Trinajstić information content (AvgIpc) is 2.16. The van der Waals surface area contributed by atoms with Gasteiger partial charge in [-0.3, -0.25) is 9.59 Å². The molecule has 0 heterocycles. The summed E-state index contributed by atoms with van der Waals surface area (Å²) in [5.41, 5.74) is 2.17. The highest BCUT2D eigenvalue weighted by Crippen LogP contribution is 2.13. The first-order chi connectivity index (χ1) is 6.56. The molecular formula is C11H11BrO2. The van der Waals surface area contributed by atoms with Gasteiger partial charge in [-0.1, -0.05) is 28.1 Å².